The fraction of sp³-hybridized carbons (Fsp3) is 0.600. The van der Waals surface area contributed by atoms with Gasteiger partial charge in [0.25, 0.3) is 0 Å². The molecule has 0 saturated carbocycles. The first kappa shape index (κ1) is 5.49. The Bertz CT molecular complexity index is 60.8. The van der Waals surface area contributed by atoms with Gasteiger partial charge in [-0.2, -0.15) is 0 Å². The lowest BCUT2D eigenvalue weighted by molar-refractivity contribution is 0.982. The molecular formula is C5H8N. The highest BCUT2D eigenvalue weighted by atomic mass is 14.7. The van der Waals surface area contributed by atoms with E-state index in [0.29, 0.717) is 0 Å². The van der Waals surface area contributed by atoms with Gasteiger partial charge in [-0.25, -0.2) is 6.57 Å². The number of hydrogen-bond donors (Lipinski definition) is 0. The van der Waals surface area contributed by atoms with Crippen molar-refractivity contribution in [1.29, 1.82) is 0 Å². The summed E-state index contributed by atoms with van der Waals surface area (Å²) in [6.45, 7) is 10.2. The largest absolute Gasteiger partial charge is 0.304 e. The lowest BCUT2D eigenvalue weighted by Gasteiger charge is -1.81. The first-order valence-corrected chi connectivity index (χ1v) is 2.01. The number of rotatable bonds is 1. The van der Waals surface area contributed by atoms with Gasteiger partial charge < -0.3 is 4.85 Å². The van der Waals surface area contributed by atoms with Crippen LogP contribution in [0, 0.1) is 12.6 Å². The monoisotopic (exact) mass is 82.1 g/mol. The summed E-state index contributed by atoms with van der Waals surface area (Å²) in [5.74, 6) is 0. The van der Waals surface area contributed by atoms with Gasteiger partial charge in [-0.3, -0.25) is 0 Å². The van der Waals surface area contributed by atoms with E-state index in [1.165, 1.54) is 0 Å². The molecule has 1 radical (unpaired) electrons. The molecule has 0 N–H and O–H groups in total. The average Bonchev–Trinajstić information content (AvgIpc) is 1.65. The lowest BCUT2D eigenvalue weighted by Crippen LogP contribution is -1.73. The predicted octanol–water partition coefficient (Wildman–Crippen LogP) is 1.87. The Morgan fingerprint density at radius 3 is 2.33 bits per heavy atom. The van der Waals surface area contributed by atoms with Crippen LogP contribution in [0.2, 0.25) is 0 Å². The van der Waals surface area contributed by atoms with E-state index in [0.717, 1.165) is 12.5 Å². The third-order valence-corrected chi connectivity index (χ3v) is 0.703. The maximum Gasteiger partial charge on any atom is 0.304 e. The quantitative estimate of drug-likeness (QED) is 0.425. The molecule has 33 valence electrons. The van der Waals surface area contributed by atoms with Crippen LogP contribution < -0.4 is 0 Å². The van der Waals surface area contributed by atoms with Crippen molar-refractivity contribution in [3.8, 4) is 0 Å². The van der Waals surface area contributed by atoms with Gasteiger partial charge in [0.1, 0.15) is 0 Å². The zero-order chi connectivity index (χ0) is 4.99. The molecule has 0 aliphatic rings. The summed E-state index contributed by atoms with van der Waals surface area (Å²) in [7, 11) is 0. The highest BCUT2D eigenvalue weighted by molar-refractivity contribution is 4.91. The van der Waals surface area contributed by atoms with Crippen molar-refractivity contribution in [3.05, 3.63) is 17.5 Å². The first-order valence-electron chi connectivity index (χ1n) is 2.01. The van der Waals surface area contributed by atoms with Crippen LogP contribution in [-0.4, -0.2) is 0 Å². The Morgan fingerprint density at radius 1 is 1.83 bits per heavy atom. The molecule has 6 heavy (non-hydrogen) atoms. The van der Waals surface area contributed by atoms with Crippen molar-refractivity contribution in [3.63, 3.8) is 0 Å². The van der Waals surface area contributed by atoms with Gasteiger partial charge in [-0.05, 0) is 0 Å². The van der Waals surface area contributed by atoms with Crippen LogP contribution in [0.15, 0.2) is 0 Å². The normalized spacial score (nSPS) is 8.33. The van der Waals surface area contributed by atoms with Crippen LogP contribution in [-0.2, 0) is 0 Å². The Hall–Kier alpha value is -0.510. The average molecular weight is 82.1 g/mol. The van der Waals surface area contributed by atoms with Crippen molar-refractivity contribution in [2.24, 2.45) is 0 Å². The second-order valence-electron chi connectivity index (χ2n) is 1.20. The van der Waals surface area contributed by atoms with Gasteiger partial charge in [0.05, 0.1) is 0 Å². The second kappa shape index (κ2) is 2.71. The predicted molar refractivity (Wildman–Crippen MR) is 25.8 cm³/mol. The Labute approximate surface area is 38.8 Å². The van der Waals surface area contributed by atoms with E-state index in [-0.39, 0.29) is 0 Å². The summed E-state index contributed by atoms with van der Waals surface area (Å²) in [6.07, 6.45) is 0.892. The SMILES string of the molecule is [C-]#[N+][C](C)CC. The van der Waals surface area contributed by atoms with E-state index in [1.807, 2.05) is 13.8 Å². The Morgan fingerprint density at radius 2 is 2.33 bits per heavy atom. The standard InChI is InChI=1S/C5H8N/c1-4-5(2)6-3/h4H2,1-2H3. The van der Waals surface area contributed by atoms with E-state index < -0.39 is 0 Å². The molecule has 0 unspecified atom stereocenters. The summed E-state index contributed by atoms with van der Waals surface area (Å²) < 4.78 is 0. The molecule has 0 spiro atoms. The zero-order valence-electron chi connectivity index (χ0n) is 4.15. The van der Waals surface area contributed by atoms with Gasteiger partial charge in [0, 0.05) is 13.3 Å². The fourth-order valence-corrected chi connectivity index (χ4v) is 0.0791. The second-order valence-corrected chi connectivity index (χ2v) is 1.20. The maximum absolute atomic E-state index is 6.40. The molecule has 0 aliphatic carbocycles. The molecule has 0 heterocycles. The molecule has 0 saturated heterocycles. The van der Waals surface area contributed by atoms with Crippen LogP contribution in [0.5, 0.6) is 0 Å². The maximum atomic E-state index is 6.40. The van der Waals surface area contributed by atoms with Crippen LogP contribution in [0.3, 0.4) is 0 Å². The third kappa shape index (κ3) is 1.78. The minimum absolute atomic E-state index is 0.884. The molecule has 0 aromatic heterocycles. The topological polar surface area (TPSA) is 4.36 Å². The number of nitrogens with zero attached hydrogens (tertiary/aromatic N) is 1. The third-order valence-electron chi connectivity index (χ3n) is 0.703. The van der Waals surface area contributed by atoms with Crippen molar-refractivity contribution in [2.75, 3.05) is 0 Å². The molecule has 1 heteroatoms. The highest BCUT2D eigenvalue weighted by Crippen LogP contribution is 2.01. The minimum atomic E-state index is 0.884. The smallest absolute Gasteiger partial charge is 0.302 e. The lowest BCUT2D eigenvalue weighted by atomic mass is 10.3. The van der Waals surface area contributed by atoms with Crippen molar-refractivity contribution in [2.45, 2.75) is 20.3 Å². The van der Waals surface area contributed by atoms with E-state index in [9.17, 15) is 0 Å². The molecule has 0 aliphatic heterocycles. The Balaban J connectivity index is 3.04. The van der Waals surface area contributed by atoms with Crippen LogP contribution in [0.1, 0.15) is 20.3 Å². The minimum Gasteiger partial charge on any atom is -0.302 e. The summed E-state index contributed by atoms with van der Waals surface area (Å²) in [5, 5.41) is 0. The molecule has 0 atom stereocenters. The molecule has 0 rings (SSSR count). The first-order chi connectivity index (χ1) is 2.81. The van der Waals surface area contributed by atoms with Crippen LogP contribution in [0.4, 0.5) is 0 Å². The number of hydrogen-bond acceptors (Lipinski definition) is 0. The molecule has 1 nitrogen and oxygen atoms in total. The Kier molecular flexibility index (Phi) is 2.48. The molecular weight excluding hydrogens is 74.1 g/mol. The van der Waals surface area contributed by atoms with E-state index in [4.69, 9.17) is 6.57 Å². The van der Waals surface area contributed by atoms with Crippen molar-refractivity contribution >= 4 is 0 Å². The van der Waals surface area contributed by atoms with Gasteiger partial charge >= 0.3 is 6.04 Å². The zero-order valence-corrected chi connectivity index (χ0v) is 4.15. The van der Waals surface area contributed by atoms with Crippen LogP contribution in [0.25, 0.3) is 4.85 Å². The van der Waals surface area contributed by atoms with E-state index in [2.05, 4.69) is 4.85 Å². The van der Waals surface area contributed by atoms with Crippen molar-refractivity contribution < 1.29 is 0 Å². The summed E-state index contributed by atoms with van der Waals surface area (Å²) in [6, 6.07) is 0.884. The summed E-state index contributed by atoms with van der Waals surface area (Å²) >= 11 is 0. The summed E-state index contributed by atoms with van der Waals surface area (Å²) in [5.41, 5.74) is 0. The van der Waals surface area contributed by atoms with Gasteiger partial charge in [0.2, 0.25) is 0 Å². The van der Waals surface area contributed by atoms with Gasteiger partial charge in [-0.15, -0.1) is 0 Å². The molecule has 0 amide bonds. The van der Waals surface area contributed by atoms with Gasteiger partial charge in [-0.1, -0.05) is 6.92 Å². The van der Waals surface area contributed by atoms with Crippen LogP contribution >= 0.6 is 0 Å². The van der Waals surface area contributed by atoms with Gasteiger partial charge in [0.15, 0.2) is 0 Å². The highest BCUT2D eigenvalue weighted by Gasteiger charge is 1.98. The van der Waals surface area contributed by atoms with E-state index in [1.54, 1.807) is 0 Å². The van der Waals surface area contributed by atoms with E-state index >= 15 is 0 Å². The molecule has 0 bridgehead atoms. The molecule has 0 fully saturated rings. The van der Waals surface area contributed by atoms with Crippen molar-refractivity contribution in [1.82, 2.24) is 0 Å². The molecule has 0 aromatic rings. The fourth-order valence-electron chi connectivity index (χ4n) is 0.0791. The molecule has 0 aromatic carbocycles. The summed E-state index contributed by atoms with van der Waals surface area (Å²) in [4.78, 5) is 3.17.